The van der Waals surface area contributed by atoms with Gasteiger partial charge in [0.05, 0.1) is 31.8 Å². The predicted octanol–water partition coefficient (Wildman–Crippen LogP) is 3.10. The largest absolute Gasteiger partial charge is 0.504 e. The number of phenols is 1. The first-order valence-corrected chi connectivity index (χ1v) is 8.30. The number of para-hydroxylation sites is 2. The topological polar surface area (TPSA) is 102 Å². The minimum absolute atomic E-state index is 0.0201. The van der Waals surface area contributed by atoms with Crippen molar-refractivity contribution in [2.75, 3.05) is 19.1 Å². The number of benzene rings is 2. The van der Waals surface area contributed by atoms with E-state index >= 15 is 0 Å². The molecule has 0 aliphatic carbocycles. The molecule has 0 aliphatic rings. The molecular formula is C19H19N5O3. The van der Waals surface area contributed by atoms with Crippen molar-refractivity contribution in [3.8, 4) is 28.5 Å². The summed E-state index contributed by atoms with van der Waals surface area (Å²) in [5.41, 5.74) is 4.61. The van der Waals surface area contributed by atoms with Crippen LogP contribution in [0, 0.1) is 0 Å². The average molecular weight is 365 g/mol. The first kappa shape index (κ1) is 18.1. The van der Waals surface area contributed by atoms with Crippen LogP contribution in [0.25, 0.3) is 11.3 Å². The number of aromatic nitrogens is 3. The summed E-state index contributed by atoms with van der Waals surface area (Å²) in [6.45, 7) is 2.31. The molecule has 2 aromatic carbocycles. The minimum Gasteiger partial charge on any atom is -0.504 e. The van der Waals surface area contributed by atoms with E-state index in [0.717, 1.165) is 5.56 Å². The molecule has 0 fully saturated rings. The first-order valence-electron chi connectivity index (χ1n) is 8.30. The quantitative estimate of drug-likeness (QED) is 0.490. The molecule has 0 saturated heterocycles. The van der Waals surface area contributed by atoms with Crippen LogP contribution in [0.1, 0.15) is 12.5 Å². The Kier molecular flexibility index (Phi) is 5.78. The molecule has 0 unspecified atom stereocenters. The van der Waals surface area contributed by atoms with Crippen LogP contribution in [0.15, 0.2) is 53.8 Å². The normalized spacial score (nSPS) is 10.7. The third-order valence-corrected chi connectivity index (χ3v) is 3.64. The monoisotopic (exact) mass is 365 g/mol. The van der Waals surface area contributed by atoms with Crippen molar-refractivity contribution in [1.82, 2.24) is 15.2 Å². The number of ether oxygens (including phenoxy) is 2. The molecule has 2 N–H and O–H groups in total. The van der Waals surface area contributed by atoms with Gasteiger partial charge in [-0.3, -0.25) is 0 Å². The second kappa shape index (κ2) is 8.61. The minimum atomic E-state index is 0.0201. The Bertz CT molecular complexity index is 946. The van der Waals surface area contributed by atoms with Crippen LogP contribution in [0.3, 0.4) is 0 Å². The van der Waals surface area contributed by atoms with Gasteiger partial charge in [-0.15, -0.1) is 5.10 Å². The highest BCUT2D eigenvalue weighted by Crippen LogP contribution is 2.29. The number of phenolic OH excluding ortho intramolecular Hbond substituents is 1. The standard InChI is InChI=1S/C19H19N5O3/c1-3-27-17-10-6-7-13(18(17)25)11-20-23-19-22-15(12-21-24-19)14-8-4-5-9-16(14)26-2/h4-12,25H,3H2,1-2H3,(H,22,23,24)/b20-11+. The van der Waals surface area contributed by atoms with Gasteiger partial charge in [-0.25, -0.2) is 10.4 Å². The van der Waals surface area contributed by atoms with Gasteiger partial charge in [0.25, 0.3) is 5.95 Å². The maximum absolute atomic E-state index is 10.2. The highest BCUT2D eigenvalue weighted by atomic mass is 16.5. The zero-order valence-electron chi connectivity index (χ0n) is 15.0. The molecule has 0 radical (unpaired) electrons. The molecule has 0 saturated carbocycles. The lowest BCUT2D eigenvalue weighted by molar-refractivity contribution is 0.318. The van der Waals surface area contributed by atoms with E-state index in [1.807, 2.05) is 31.2 Å². The summed E-state index contributed by atoms with van der Waals surface area (Å²) in [5.74, 6) is 1.32. The number of nitrogens with zero attached hydrogens (tertiary/aromatic N) is 4. The molecule has 0 bridgehead atoms. The number of nitrogens with one attached hydrogen (secondary N) is 1. The molecule has 1 heterocycles. The van der Waals surface area contributed by atoms with Crippen LogP contribution in [-0.4, -0.2) is 40.2 Å². The van der Waals surface area contributed by atoms with Gasteiger partial charge in [-0.05, 0) is 31.2 Å². The number of anilines is 1. The summed E-state index contributed by atoms with van der Waals surface area (Å²) in [6, 6.07) is 12.7. The van der Waals surface area contributed by atoms with E-state index in [1.165, 1.54) is 6.21 Å². The Hall–Kier alpha value is -3.68. The van der Waals surface area contributed by atoms with E-state index < -0.39 is 0 Å². The predicted molar refractivity (Wildman–Crippen MR) is 102 cm³/mol. The van der Waals surface area contributed by atoms with Gasteiger partial charge >= 0.3 is 0 Å². The Labute approximate surface area is 156 Å². The van der Waals surface area contributed by atoms with Crippen LogP contribution >= 0.6 is 0 Å². The van der Waals surface area contributed by atoms with Crippen molar-refractivity contribution in [2.24, 2.45) is 5.10 Å². The zero-order valence-corrected chi connectivity index (χ0v) is 15.0. The summed E-state index contributed by atoms with van der Waals surface area (Å²) in [5, 5.41) is 22.1. The number of hydrazone groups is 1. The van der Waals surface area contributed by atoms with Crippen molar-refractivity contribution >= 4 is 12.2 Å². The first-order chi connectivity index (χ1) is 13.2. The highest BCUT2D eigenvalue weighted by molar-refractivity contribution is 5.85. The number of hydrogen-bond donors (Lipinski definition) is 2. The van der Waals surface area contributed by atoms with E-state index in [4.69, 9.17) is 9.47 Å². The van der Waals surface area contributed by atoms with E-state index in [1.54, 1.807) is 31.5 Å². The summed E-state index contributed by atoms with van der Waals surface area (Å²) >= 11 is 0. The number of rotatable bonds is 7. The lowest BCUT2D eigenvalue weighted by Gasteiger charge is -2.08. The second-order valence-electron chi connectivity index (χ2n) is 5.36. The van der Waals surface area contributed by atoms with E-state index in [2.05, 4.69) is 25.7 Å². The summed E-state index contributed by atoms with van der Waals surface area (Å²) in [4.78, 5) is 4.39. The van der Waals surface area contributed by atoms with Gasteiger partial charge in [0.1, 0.15) is 5.75 Å². The fraction of sp³-hybridized carbons (Fsp3) is 0.158. The smallest absolute Gasteiger partial charge is 0.263 e. The number of methoxy groups -OCH3 is 1. The molecule has 8 heteroatoms. The Morgan fingerprint density at radius 2 is 1.96 bits per heavy atom. The molecular weight excluding hydrogens is 346 g/mol. The van der Waals surface area contributed by atoms with Crippen LogP contribution in [0.5, 0.6) is 17.2 Å². The van der Waals surface area contributed by atoms with Crippen LogP contribution in [0.2, 0.25) is 0 Å². The maximum atomic E-state index is 10.2. The lowest BCUT2D eigenvalue weighted by atomic mass is 10.1. The molecule has 0 atom stereocenters. The van der Waals surface area contributed by atoms with Gasteiger partial charge in [0, 0.05) is 11.1 Å². The van der Waals surface area contributed by atoms with Crippen molar-refractivity contribution in [3.05, 3.63) is 54.2 Å². The van der Waals surface area contributed by atoms with Crippen LogP contribution < -0.4 is 14.9 Å². The van der Waals surface area contributed by atoms with Gasteiger partial charge in [0.2, 0.25) is 0 Å². The van der Waals surface area contributed by atoms with Crippen LogP contribution in [0.4, 0.5) is 5.95 Å². The highest BCUT2D eigenvalue weighted by Gasteiger charge is 2.09. The maximum Gasteiger partial charge on any atom is 0.263 e. The fourth-order valence-electron chi connectivity index (χ4n) is 2.41. The molecule has 0 spiro atoms. The molecule has 3 aromatic rings. The van der Waals surface area contributed by atoms with E-state index in [0.29, 0.717) is 29.4 Å². The summed E-state index contributed by atoms with van der Waals surface area (Å²) in [6.07, 6.45) is 3.00. The van der Waals surface area contributed by atoms with Crippen LogP contribution in [-0.2, 0) is 0 Å². The third kappa shape index (κ3) is 4.30. The molecule has 27 heavy (non-hydrogen) atoms. The Morgan fingerprint density at radius 1 is 1.15 bits per heavy atom. The van der Waals surface area contributed by atoms with Gasteiger partial charge in [-0.1, -0.05) is 18.2 Å². The zero-order chi connectivity index (χ0) is 19.1. The molecule has 0 aliphatic heterocycles. The summed E-state index contributed by atoms with van der Waals surface area (Å²) in [7, 11) is 1.60. The lowest BCUT2D eigenvalue weighted by Crippen LogP contribution is -2.01. The van der Waals surface area contributed by atoms with Crippen molar-refractivity contribution < 1.29 is 14.6 Å². The van der Waals surface area contributed by atoms with Crippen molar-refractivity contribution in [1.29, 1.82) is 0 Å². The van der Waals surface area contributed by atoms with Gasteiger partial charge in [-0.2, -0.15) is 10.2 Å². The summed E-state index contributed by atoms with van der Waals surface area (Å²) < 4.78 is 10.7. The second-order valence-corrected chi connectivity index (χ2v) is 5.36. The molecule has 1 aromatic heterocycles. The van der Waals surface area contributed by atoms with E-state index in [9.17, 15) is 5.11 Å². The number of hydrogen-bond acceptors (Lipinski definition) is 8. The van der Waals surface area contributed by atoms with Crippen molar-refractivity contribution in [2.45, 2.75) is 6.92 Å². The Balaban J connectivity index is 1.78. The molecule has 8 nitrogen and oxygen atoms in total. The molecule has 0 amide bonds. The average Bonchev–Trinajstić information content (AvgIpc) is 2.71. The van der Waals surface area contributed by atoms with Gasteiger partial charge in [0.15, 0.2) is 11.5 Å². The fourth-order valence-corrected chi connectivity index (χ4v) is 2.41. The molecule has 3 rings (SSSR count). The molecule has 138 valence electrons. The SMILES string of the molecule is CCOc1cccc(/C=N/Nc2nncc(-c3ccccc3OC)n2)c1O. The number of aromatic hydroxyl groups is 1. The van der Waals surface area contributed by atoms with E-state index in [-0.39, 0.29) is 11.7 Å². The Morgan fingerprint density at radius 3 is 2.78 bits per heavy atom. The third-order valence-electron chi connectivity index (χ3n) is 3.64. The van der Waals surface area contributed by atoms with Gasteiger partial charge < -0.3 is 14.6 Å². The van der Waals surface area contributed by atoms with Crippen molar-refractivity contribution in [3.63, 3.8) is 0 Å².